The maximum absolute atomic E-state index is 12.7. The van der Waals surface area contributed by atoms with Gasteiger partial charge in [-0.15, -0.1) is 0 Å². The van der Waals surface area contributed by atoms with Gasteiger partial charge in [-0.3, -0.25) is 4.79 Å². The number of aromatic nitrogens is 1. The van der Waals surface area contributed by atoms with Crippen LogP contribution in [-0.2, 0) is 16.2 Å². The third-order valence-corrected chi connectivity index (χ3v) is 6.54. The van der Waals surface area contributed by atoms with E-state index < -0.39 is 27.8 Å². The first kappa shape index (κ1) is 20.6. The molecule has 3 rings (SSSR count). The molecule has 150 valence electrons. The van der Waals surface area contributed by atoms with Crippen LogP contribution in [0.4, 0.5) is 19.0 Å². The third-order valence-electron chi connectivity index (χ3n) is 4.16. The van der Waals surface area contributed by atoms with E-state index in [1.807, 2.05) is 0 Å². The Bertz CT molecular complexity index is 1010. The Morgan fingerprint density at radius 2 is 1.82 bits per heavy atom. The molecule has 1 N–H and O–H groups in total. The lowest BCUT2D eigenvalue weighted by Gasteiger charge is -2.17. The van der Waals surface area contributed by atoms with Gasteiger partial charge < -0.3 is 5.32 Å². The summed E-state index contributed by atoms with van der Waals surface area (Å²) < 4.78 is 64.9. The number of carbonyl (C=O) groups is 1. The van der Waals surface area contributed by atoms with Gasteiger partial charge >= 0.3 is 6.18 Å². The summed E-state index contributed by atoms with van der Waals surface area (Å²) in [7, 11) is -3.87. The minimum absolute atomic E-state index is 0.0411. The molecule has 1 fully saturated rings. The molecule has 2 heterocycles. The van der Waals surface area contributed by atoms with Crippen molar-refractivity contribution in [2.45, 2.75) is 23.9 Å². The van der Waals surface area contributed by atoms with E-state index in [2.05, 4.69) is 10.3 Å². The predicted octanol–water partition coefficient (Wildman–Crippen LogP) is 3.79. The number of hydrogen-bond donors (Lipinski definition) is 1. The van der Waals surface area contributed by atoms with Gasteiger partial charge in [0.25, 0.3) is 5.91 Å². The summed E-state index contributed by atoms with van der Waals surface area (Å²) in [5, 5.41) is 2.20. The van der Waals surface area contributed by atoms with E-state index in [-0.39, 0.29) is 21.3 Å². The first-order chi connectivity index (χ1) is 13.1. The lowest BCUT2D eigenvalue weighted by molar-refractivity contribution is -0.141. The monoisotopic (exact) mass is 433 g/mol. The normalized spacial score (nSPS) is 15.6. The number of sulfonamides is 1. The van der Waals surface area contributed by atoms with Crippen molar-refractivity contribution in [3.05, 3.63) is 52.7 Å². The van der Waals surface area contributed by atoms with E-state index >= 15 is 0 Å². The van der Waals surface area contributed by atoms with Gasteiger partial charge in [-0.25, -0.2) is 13.4 Å². The second kappa shape index (κ2) is 7.69. The summed E-state index contributed by atoms with van der Waals surface area (Å²) in [6.45, 7) is 0.729. The maximum Gasteiger partial charge on any atom is 0.433 e. The molecule has 0 bridgehead atoms. The van der Waals surface area contributed by atoms with Crippen LogP contribution in [0, 0.1) is 0 Å². The second-order valence-corrected chi connectivity index (χ2v) is 8.43. The molecule has 1 aliphatic heterocycles. The summed E-state index contributed by atoms with van der Waals surface area (Å²) in [6.07, 6.45) is -3.19. The Balaban J connectivity index is 1.87. The molecule has 1 aromatic heterocycles. The van der Waals surface area contributed by atoms with Crippen LogP contribution < -0.4 is 5.32 Å². The molecule has 1 aliphatic rings. The van der Waals surface area contributed by atoms with Crippen LogP contribution in [0.1, 0.15) is 28.9 Å². The van der Waals surface area contributed by atoms with Crippen molar-refractivity contribution in [1.82, 2.24) is 9.29 Å². The first-order valence-corrected chi connectivity index (χ1v) is 10.1. The molecule has 0 spiro atoms. The molecule has 0 aliphatic carbocycles. The number of anilines is 1. The zero-order valence-corrected chi connectivity index (χ0v) is 15.9. The highest BCUT2D eigenvalue weighted by Crippen LogP contribution is 2.30. The largest absolute Gasteiger partial charge is 0.433 e. The number of carbonyl (C=O) groups excluding carboxylic acids is 1. The van der Waals surface area contributed by atoms with E-state index in [0.717, 1.165) is 31.0 Å². The number of nitrogens with one attached hydrogen (secondary N) is 1. The summed E-state index contributed by atoms with van der Waals surface area (Å²) in [5.74, 6) is -1.11. The molecule has 11 heteroatoms. The lowest BCUT2D eigenvalue weighted by atomic mass is 10.2. The standard InChI is InChI=1S/C17H15ClF3N3O3S/c18-12-7-6-11(10-13(12)28(26,27)24-8-1-2-9-24)16(25)23-15-5-3-4-14(22-15)17(19,20)21/h3-7,10H,1-2,8-9H2,(H,22,23,25). The summed E-state index contributed by atoms with van der Waals surface area (Å²) in [5.41, 5.74) is -1.22. The van der Waals surface area contributed by atoms with Crippen molar-refractivity contribution in [2.75, 3.05) is 18.4 Å². The van der Waals surface area contributed by atoms with E-state index in [1.54, 1.807) is 0 Å². The summed E-state index contributed by atoms with van der Waals surface area (Å²) >= 11 is 6.02. The molecule has 0 atom stereocenters. The molecule has 2 aromatic rings. The van der Waals surface area contributed by atoms with E-state index in [4.69, 9.17) is 11.6 Å². The molecule has 1 aromatic carbocycles. The Hall–Kier alpha value is -2.17. The van der Waals surface area contributed by atoms with Gasteiger partial charge in [0.05, 0.1) is 5.02 Å². The first-order valence-electron chi connectivity index (χ1n) is 8.24. The Labute approximate surface area is 164 Å². The molecule has 28 heavy (non-hydrogen) atoms. The maximum atomic E-state index is 12.7. The predicted molar refractivity (Wildman–Crippen MR) is 96.6 cm³/mol. The number of pyridine rings is 1. The number of hydrogen-bond acceptors (Lipinski definition) is 4. The van der Waals surface area contributed by atoms with Gasteiger partial charge in [0.2, 0.25) is 10.0 Å². The minimum atomic E-state index is -4.65. The van der Waals surface area contributed by atoms with Crippen molar-refractivity contribution in [3.63, 3.8) is 0 Å². The van der Waals surface area contributed by atoms with Gasteiger partial charge in [-0.2, -0.15) is 17.5 Å². The highest BCUT2D eigenvalue weighted by atomic mass is 35.5. The van der Waals surface area contributed by atoms with Crippen molar-refractivity contribution >= 4 is 33.3 Å². The molecular weight excluding hydrogens is 419 g/mol. The van der Waals surface area contributed by atoms with Gasteiger partial charge in [-0.1, -0.05) is 17.7 Å². The van der Waals surface area contributed by atoms with Crippen LogP contribution in [0.15, 0.2) is 41.3 Å². The van der Waals surface area contributed by atoms with E-state index in [1.165, 1.54) is 22.5 Å². The highest BCUT2D eigenvalue weighted by molar-refractivity contribution is 7.89. The van der Waals surface area contributed by atoms with Crippen LogP contribution >= 0.6 is 11.6 Å². The smallest absolute Gasteiger partial charge is 0.307 e. The number of alkyl halides is 3. The van der Waals surface area contributed by atoms with Crippen LogP contribution in [0.3, 0.4) is 0 Å². The van der Waals surface area contributed by atoms with Crippen molar-refractivity contribution < 1.29 is 26.4 Å². The molecule has 0 saturated carbocycles. The zero-order valence-electron chi connectivity index (χ0n) is 14.3. The summed E-state index contributed by atoms with van der Waals surface area (Å²) in [4.78, 5) is 15.5. The number of nitrogens with zero attached hydrogens (tertiary/aromatic N) is 2. The topological polar surface area (TPSA) is 79.4 Å². The van der Waals surface area contributed by atoms with Gasteiger partial charge in [0.15, 0.2) is 0 Å². The average Bonchev–Trinajstić information content (AvgIpc) is 3.17. The number of amides is 1. The fraction of sp³-hybridized carbons (Fsp3) is 0.294. The fourth-order valence-electron chi connectivity index (χ4n) is 2.76. The van der Waals surface area contributed by atoms with E-state index in [9.17, 15) is 26.4 Å². The number of benzene rings is 1. The summed E-state index contributed by atoms with van der Waals surface area (Å²) in [6, 6.07) is 6.74. The van der Waals surface area contributed by atoms with Gasteiger partial charge in [-0.05, 0) is 43.2 Å². The Morgan fingerprint density at radius 3 is 2.46 bits per heavy atom. The zero-order chi connectivity index (χ0) is 20.5. The van der Waals surface area contributed by atoms with Crippen molar-refractivity contribution in [3.8, 4) is 0 Å². The average molecular weight is 434 g/mol. The van der Waals surface area contributed by atoms with Crippen LogP contribution in [-0.4, -0.2) is 36.7 Å². The fourth-order valence-corrected chi connectivity index (χ4v) is 4.78. The minimum Gasteiger partial charge on any atom is -0.307 e. The number of rotatable bonds is 4. The molecular formula is C17H15ClF3N3O3S. The van der Waals surface area contributed by atoms with E-state index in [0.29, 0.717) is 13.1 Å². The SMILES string of the molecule is O=C(Nc1cccc(C(F)(F)F)n1)c1ccc(Cl)c(S(=O)(=O)N2CCCC2)c1. The van der Waals surface area contributed by atoms with Gasteiger partial charge in [0, 0.05) is 18.7 Å². The molecule has 6 nitrogen and oxygen atoms in total. The Kier molecular flexibility index (Phi) is 5.64. The van der Waals surface area contributed by atoms with Crippen LogP contribution in [0.5, 0.6) is 0 Å². The highest BCUT2D eigenvalue weighted by Gasteiger charge is 2.33. The van der Waals surface area contributed by atoms with Crippen LogP contribution in [0.2, 0.25) is 5.02 Å². The third kappa shape index (κ3) is 4.29. The van der Waals surface area contributed by atoms with Crippen molar-refractivity contribution in [2.24, 2.45) is 0 Å². The molecule has 1 saturated heterocycles. The quantitative estimate of drug-likeness (QED) is 0.795. The molecule has 1 amide bonds. The molecule has 0 radical (unpaired) electrons. The van der Waals surface area contributed by atoms with Crippen molar-refractivity contribution in [1.29, 1.82) is 0 Å². The number of halogens is 4. The Morgan fingerprint density at radius 1 is 1.14 bits per heavy atom. The van der Waals surface area contributed by atoms with Crippen LogP contribution in [0.25, 0.3) is 0 Å². The molecule has 0 unspecified atom stereocenters. The lowest BCUT2D eigenvalue weighted by Crippen LogP contribution is -2.28. The van der Waals surface area contributed by atoms with Gasteiger partial charge in [0.1, 0.15) is 16.4 Å². The second-order valence-electron chi connectivity index (χ2n) is 6.12.